The van der Waals surface area contributed by atoms with Gasteiger partial charge in [0.2, 0.25) is 0 Å². The number of benzene rings is 2. The Morgan fingerprint density at radius 1 is 1.12 bits per heavy atom. The molecular formula is C21H23FN2O2. The van der Waals surface area contributed by atoms with Crippen molar-refractivity contribution >= 4 is 5.91 Å². The zero-order chi connectivity index (χ0) is 18.1. The number of ether oxygens (including phenoxy) is 1. The summed E-state index contributed by atoms with van der Waals surface area (Å²) in [7, 11) is 0. The van der Waals surface area contributed by atoms with Crippen molar-refractivity contribution in [3.8, 4) is 0 Å². The van der Waals surface area contributed by atoms with Gasteiger partial charge in [0, 0.05) is 12.6 Å². The number of rotatable bonds is 2. The second-order valence-corrected chi connectivity index (χ2v) is 7.09. The fourth-order valence-corrected chi connectivity index (χ4v) is 3.96. The highest BCUT2D eigenvalue weighted by Crippen LogP contribution is 2.36. The summed E-state index contributed by atoms with van der Waals surface area (Å²) in [5.41, 5.74) is 9.14. The molecule has 1 saturated heterocycles. The van der Waals surface area contributed by atoms with E-state index in [1.165, 1.54) is 17.7 Å². The van der Waals surface area contributed by atoms with E-state index in [4.69, 9.17) is 10.5 Å². The fraction of sp³-hybridized carbons (Fsp3) is 0.381. The summed E-state index contributed by atoms with van der Waals surface area (Å²) in [6.45, 7) is 1.05. The van der Waals surface area contributed by atoms with Gasteiger partial charge in [-0.15, -0.1) is 0 Å². The zero-order valence-corrected chi connectivity index (χ0v) is 14.6. The van der Waals surface area contributed by atoms with Crippen LogP contribution in [0.1, 0.15) is 35.6 Å². The van der Waals surface area contributed by atoms with E-state index >= 15 is 0 Å². The maximum atomic E-state index is 13.4. The second kappa shape index (κ2) is 7.17. The molecule has 5 heteroatoms. The van der Waals surface area contributed by atoms with Crippen molar-refractivity contribution < 1.29 is 13.9 Å². The first-order chi connectivity index (χ1) is 12.6. The number of carbonyl (C=O) groups excluding carboxylic acids is 1. The number of fused-ring (bicyclic) bond motifs is 1. The van der Waals surface area contributed by atoms with Gasteiger partial charge in [-0.2, -0.15) is 0 Å². The van der Waals surface area contributed by atoms with Crippen LogP contribution in [0.2, 0.25) is 0 Å². The summed E-state index contributed by atoms with van der Waals surface area (Å²) in [4.78, 5) is 15.1. The Kier molecular flexibility index (Phi) is 4.74. The highest BCUT2D eigenvalue weighted by molar-refractivity contribution is 5.82. The molecule has 1 fully saturated rings. The Labute approximate surface area is 152 Å². The predicted octanol–water partition coefficient (Wildman–Crippen LogP) is 2.81. The number of carbonyl (C=O) groups is 1. The van der Waals surface area contributed by atoms with E-state index in [0.29, 0.717) is 19.6 Å². The molecule has 136 valence electrons. The molecule has 0 radical (unpaired) electrons. The van der Waals surface area contributed by atoms with Crippen LogP contribution in [0.15, 0.2) is 48.5 Å². The van der Waals surface area contributed by atoms with Gasteiger partial charge >= 0.3 is 0 Å². The van der Waals surface area contributed by atoms with Crippen molar-refractivity contribution in [1.82, 2.24) is 4.90 Å². The number of hydrogen-bond donors (Lipinski definition) is 1. The van der Waals surface area contributed by atoms with Crippen LogP contribution >= 0.6 is 0 Å². The first kappa shape index (κ1) is 17.2. The van der Waals surface area contributed by atoms with E-state index in [9.17, 15) is 9.18 Å². The smallest absolute Gasteiger partial charge is 0.252 e. The van der Waals surface area contributed by atoms with E-state index < -0.39 is 6.10 Å². The quantitative estimate of drug-likeness (QED) is 0.902. The molecule has 4 rings (SSSR count). The van der Waals surface area contributed by atoms with Crippen LogP contribution in [0.4, 0.5) is 4.39 Å². The highest BCUT2D eigenvalue weighted by atomic mass is 19.1. The van der Waals surface area contributed by atoms with Crippen molar-refractivity contribution in [3.63, 3.8) is 0 Å². The molecule has 1 amide bonds. The van der Waals surface area contributed by atoms with Gasteiger partial charge in [-0.1, -0.05) is 36.4 Å². The van der Waals surface area contributed by atoms with Gasteiger partial charge in [-0.25, -0.2) is 4.39 Å². The number of amides is 1. The molecular weight excluding hydrogens is 331 g/mol. The van der Waals surface area contributed by atoms with Crippen molar-refractivity contribution in [1.29, 1.82) is 0 Å². The lowest BCUT2D eigenvalue weighted by Crippen LogP contribution is -2.49. The van der Waals surface area contributed by atoms with Gasteiger partial charge in [0.15, 0.2) is 0 Å². The van der Waals surface area contributed by atoms with Crippen LogP contribution in [0, 0.1) is 5.82 Å². The normalized spacial score (nSPS) is 25.6. The lowest BCUT2D eigenvalue weighted by Gasteiger charge is -2.40. The van der Waals surface area contributed by atoms with E-state index in [-0.39, 0.29) is 23.8 Å². The van der Waals surface area contributed by atoms with Gasteiger partial charge in [-0.05, 0) is 48.1 Å². The summed E-state index contributed by atoms with van der Waals surface area (Å²) in [6.07, 6.45) is 1.81. The minimum Gasteiger partial charge on any atom is -0.367 e. The van der Waals surface area contributed by atoms with Crippen LogP contribution in [0.5, 0.6) is 0 Å². The lowest BCUT2D eigenvalue weighted by molar-refractivity contribution is -0.149. The standard InChI is InChI=1S/C21H23FN2O2/c22-16-7-5-15(6-8-16)20-18-4-2-1-3-14(18)11-12-24(20)21(25)19-10-9-17(23)13-26-19/h1-8,17,19-20H,9-13,23H2/t17?,19?,20-/m0/s1. The maximum absolute atomic E-state index is 13.4. The summed E-state index contributed by atoms with van der Waals surface area (Å²) >= 11 is 0. The SMILES string of the molecule is NC1CCC(C(=O)N2CCc3ccccc3[C@@H]2c2ccc(F)cc2)OC1. The minimum atomic E-state index is -0.442. The van der Waals surface area contributed by atoms with Gasteiger partial charge in [-0.3, -0.25) is 4.79 Å². The van der Waals surface area contributed by atoms with Gasteiger partial charge in [0.1, 0.15) is 11.9 Å². The molecule has 0 aromatic heterocycles. The van der Waals surface area contributed by atoms with Gasteiger partial charge in [0.05, 0.1) is 12.6 Å². The number of nitrogens with two attached hydrogens (primary N) is 1. The van der Waals surface area contributed by atoms with E-state index in [2.05, 4.69) is 12.1 Å². The Morgan fingerprint density at radius 3 is 2.62 bits per heavy atom. The fourth-order valence-electron chi connectivity index (χ4n) is 3.96. The molecule has 4 nitrogen and oxygen atoms in total. The summed E-state index contributed by atoms with van der Waals surface area (Å²) < 4.78 is 19.1. The molecule has 2 aliphatic rings. The molecule has 26 heavy (non-hydrogen) atoms. The first-order valence-electron chi connectivity index (χ1n) is 9.14. The van der Waals surface area contributed by atoms with E-state index in [1.54, 1.807) is 12.1 Å². The molecule has 3 atom stereocenters. The second-order valence-electron chi connectivity index (χ2n) is 7.09. The van der Waals surface area contributed by atoms with Crippen LogP contribution < -0.4 is 5.73 Å². The molecule has 2 aromatic rings. The monoisotopic (exact) mass is 354 g/mol. The van der Waals surface area contributed by atoms with Crippen molar-refractivity contribution in [2.24, 2.45) is 5.73 Å². The van der Waals surface area contributed by atoms with Crippen molar-refractivity contribution in [2.45, 2.75) is 37.5 Å². The van der Waals surface area contributed by atoms with E-state index in [0.717, 1.165) is 24.0 Å². The molecule has 0 saturated carbocycles. The molecule has 2 aromatic carbocycles. The number of hydrogen-bond acceptors (Lipinski definition) is 3. The van der Waals surface area contributed by atoms with Crippen molar-refractivity contribution in [2.75, 3.05) is 13.2 Å². The Bertz CT molecular complexity index is 785. The predicted molar refractivity (Wildman–Crippen MR) is 97.1 cm³/mol. The lowest BCUT2D eigenvalue weighted by atomic mass is 9.87. The molecule has 2 aliphatic heterocycles. The molecule has 2 heterocycles. The molecule has 0 bridgehead atoms. The van der Waals surface area contributed by atoms with Crippen molar-refractivity contribution in [3.05, 3.63) is 71.0 Å². The third-order valence-corrected chi connectivity index (χ3v) is 5.34. The highest BCUT2D eigenvalue weighted by Gasteiger charge is 2.36. The maximum Gasteiger partial charge on any atom is 0.252 e. The molecule has 0 spiro atoms. The zero-order valence-electron chi connectivity index (χ0n) is 14.6. The Morgan fingerprint density at radius 2 is 1.88 bits per heavy atom. The third kappa shape index (κ3) is 3.24. The van der Waals surface area contributed by atoms with Crippen LogP contribution in [-0.4, -0.2) is 36.1 Å². The summed E-state index contributed by atoms with van der Waals surface area (Å²) in [6, 6.07) is 14.4. The van der Waals surface area contributed by atoms with Crippen LogP contribution in [0.3, 0.4) is 0 Å². The number of nitrogens with zero attached hydrogens (tertiary/aromatic N) is 1. The van der Waals surface area contributed by atoms with Crippen LogP contribution in [-0.2, 0) is 16.0 Å². The molecule has 2 unspecified atom stereocenters. The number of halogens is 1. The Balaban J connectivity index is 1.68. The van der Waals surface area contributed by atoms with Crippen LogP contribution in [0.25, 0.3) is 0 Å². The average Bonchev–Trinajstić information content (AvgIpc) is 2.68. The van der Waals surface area contributed by atoms with Gasteiger partial charge < -0.3 is 15.4 Å². The third-order valence-electron chi connectivity index (χ3n) is 5.34. The summed E-state index contributed by atoms with van der Waals surface area (Å²) in [5.74, 6) is -0.277. The average molecular weight is 354 g/mol. The largest absolute Gasteiger partial charge is 0.367 e. The Hall–Kier alpha value is -2.24. The minimum absolute atomic E-state index is 0.000674. The molecule has 0 aliphatic carbocycles. The van der Waals surface area contributed by atoms with E-state index in [1.807, 2.05) is 17.0 Å². The first-order valence-corrected chi connectivity index (χ1v) is 9.14. The summed E-state index contributed by atoms with van der Waals surface area (Å²) in [5, 5.41) is 0. The topological polar surface area (TPSA) is 55.6 Å². The molecule has 2 N–H and O–H groups in total. The van der Waals surface area contributed by atoms with Gasteiger partial charge in [0.25, 0.3) is 5.91 Å².